The lowest BCUT2D eigenvalue weighted by molar-refractivity contribution is 0.222. The summed E-state index contributed by atoms with van der Waals surface area (Å²) in [5.74, 6) is 0.621. The quantitative estimate of drug-likeness (QED) is 0.572. The van der Waals surface area contributed by atoms with Crippen LogP contribution in [0.15, 0.2) is 45.9 Å². The fourth-order valence-corrected chi connectivity index (χ4v) is 4.98. The number of anilines is 2. The van der Waals surface area contributed by atoms with E-state index in [1.165, 1.54) is 4.31 Å². The number of nitrogens with zero attached hydrogens (tertiary/aromatic N) is 5. The molecule has 0 aliphatic carbocycles. The summed E-state index contributed by atoms with van der Waals surface area (Å²) in [6.07, 6.45) is 1.63. The van der Waals surface area contributed by atoms with Gasteiger partial charge in [-0.05, 0) is 47.2 Å². The van der Waals surface area contributed by atoms with Crippen LogP contribution in [0.25, 0.3) is 5.65 Å². The van der Waals surface area contributed by atoms with Crippen molar-refractivity contribution in [1.29, 1.82) is 0 Å². The second kappa shape index (κ2) is 7.60. The standard InChI is InChI=1S/C17H18BrClN6O2S/c1-23-6-8-24(9-7-23)28(26,27)13-4-2-12(3-5-13)21-16-10-15(19)22-17-14(18)11-20-25(16)17/h2-5,10-11,21H,6-9H2,1H3. The number of nitrogens with one attached hydrogen (secondary N) is 1. The maximum Gasteiger partial charge on any atom is 0.243 e. The molecule has 3 aromatic rings. The first-order chi connectivity index (χ1) is 13.3. The van der Waals surface area contributed by atoms with E-state index >= 15 is 0 Å². The van der Waals surface area contributed by atoms with E-state index in [1.54, 1.807) is 41.0 Å². The van der Waals surface area contributed by atoms with Gasteiger partial charge in [0.15, 0.2) is 5.65 Å². The van der Waals surface area contributed by atoms with Crippen molar-refractivity contribution in [2.45, 2.75) is 4.90 Å². The van der Waals surface area contributed by atoms with Crippen molar-refractivity contribution in [3.63, 3.8) is 0 Å². The average molecular weight is 486 g/mol. The van der Waals surface area contributed by atoms with Crippen LogP contribution < -0.4 is 5.32 Å². The first-order valence-corrected chi connectivity index (χ1v) is 11.2. The van der Waals surface area contributed by atoms with Gasteiger partial charge < -0.3 is 10.2 Å². The van der Waals surface area contributed by atoms with Crippen LogP contribution in [0.5, 0.6) is 0 Å². The van der Waals surface area contributed by atoms with E-state index in [0.29, 0.717) is 35.4 Å². The Hall–Kier alpha value is -1.72. The van der Waals surface area contributed by atoms with Gasteiger partial charge in [0.05, 0.1) is 15.6 Å². The number of halogens is 2. The normalized spacial score (nSPS) is 16.5. The van der Waals surface area contributed by atoms with E-state index in [2.05, 4.69) is 36.2 Å². The molecule has 1 fully saturated rings. The van der Waals surface area contributed by atoms with Crippen molar-refractivity contribution in [3.8, 4) is 0 Å². The first-order valence-electron chi connectivity index (χ1n) is 8.60. The molecule has 0 unspecified atom stereocenters. The molecular weight excluding hydrogens is 468 g/mol. The number of piperazine rings is 1. The van der Waals surface area contributed by atoms with E-state index in [9.17, 15) is 8.42 Å². The van der Waals surface area contributed by atoms with Gasteiger partial charge >= 0.3 is 0 Å². The van der Waals surface area contributed by atoms with E-state index in [0.717, 1.165) is 17.6 Å². The number of aromatic nitrogens is 3. The highest BCUT2D eigenvalue weighted by Gasteiger charge is 2.27. The molecule has 1 N–H and O–H groups in total. The van der Waals surface area contributed by atoms with Crippen molar-refractivity contribution in [2.24, 2.45) is 0 Å². The van der Waals surface area contributed by atoms with Crippen LogP contribution in [0, 0.1) is 0 Å². The third kappa shape index (κ3) is 3.74. The highest BCUT2D eigenvalue weighted by molar-refractivity contribution is 9.10. The molecule has 0 bridgehead atoms. The van der Waals surface area contributed by atoms with Crippen LogP contribution in [0.3, 0.4) is 0 Å². The Labute approximate surface area is 176 Å². The van der Waals surface area contributed by atoms with Crippen LogP contribution in [-0.2, 0) is 10.0 Å². The summed E-state index contributed by atoms with van der Waals surface area (Å²) in [5, 5.41) is 7.79. The molecule has 148 valence electrons. The van der Waals surface area contributed by atoms with E-state index in [-0.39, 0.29) is 4.90 Å². The zero-order valence-electron chi connectivity index (χ0n) is 15.0. The first kappa shape index (κ1) is 19.6. The molecule has 0 radical (unpaired) electrons. The fourth-order valence-electron chi connectivity index (χ4n) is 3.03. The predicted molar refractivity (Wildman–Crippen MR) is 112 cm³/mol. The zero-order valence-corrected chi connectivity index (χ0v) is 18.2. The van der Waals surface area contributed by atoms with Gasteiger partial charge in [-0.15, -0.1) is 0 Å². The number of likely N-dealkylation sites (N-methyl/N-ethyl adjacent to an activating group) is 1. The molecule has 0 spiro atoms. The van der Waals surface area contributed by atoms with Gasteiger partial charge in [0.2, 0.25) is 10.0 Å². The number of hydrogen-bond donors (Lipinski definition) is 1. The molecule has 1 aliphatic rings. The van der Waals surface area contributed by atoms with Crippen molar-refractivity contribution in [1.82, 2.24) is 23.8 Å². The van der Waals surface area contributed by atoms with Gasteiger partial charge in [0.1, 0.15) is 11.0 Å². The maximum absolute atomic E-state index is 12.8. The summed E-state index contributed by atoms with van der Waals surface area (Å²) < 4.78 is 29.5. The van der Waals surface area contributed by atoms with Gasteiger partial charge in [-0.25, -0.2) is 13.4 Å². The Bertz CT molecular complexity index is 1110. The smallest absolute Gasteiger partial charge is 0.243 e. The van der Waals surface area contributed by atoms with Gasteiger partial charge in [-0.3, -0.25) is 0 Å². The second-order valence-electron chi connectivity index (χ2n) is 6.55. The van der Waals surface area contributed by atoms with Crippen LogP contribution >= 0.6 is 27.5 Å². The van der Waals surface area contributed by atoms with Crippen LogP contribution in [-0.4, -0.2) is 65.4 Å². The Kier molecular flexibility index (Phi) is 5.32. The predicted octanol–water partition coefficient (Wildman–Crippen LogP) is 2.82. The molecule has 3 heterocycles. The third-order valence-corrected chi connectivity index (χ3v) is 7.29. The molecule has 1 aromatic carbocycles. The molecule has 11 heteroatoms. The summed E-state index contributed by atoms with van der Waals surface area (Å²) in [5.41, 5.74) is 1.30. The Morgan fingerprint density at radius 3 is 2.50 bits per heavy atom. The number of benzene rings is 1. The van der Waals surface area contributed by atoms with Crippen molar-refractivity contribution in [2.75, 3.05) is 38.5 Å². The summed E-state index contributed by atoms with van der Waals surface area (Å²) in [7, 11) is -1.50. The molecular formula is C17H18BrClN6O2S. The lowest BCUT2D eigenvalue weighted by Crippen LogP contribution is -2.46. The van der Waals surface area contributed by atoms with E-state index in [4.69, 9.17) is 11.6 Å². The molecule has 8 nitrogen and oxygen atoms in total. The molecule has 2 aromatic heterocycles. The highest BCUT2D eigenvalue weighted by Crippen LogP contribution is 2.26. The van der Waals surface area contributed by atoms with Gasteiger partial charge in [-0.1, -0.05) is 11.6 Å². The molecule has 1 saturated heterocycles. The number of fused-ring (bicyclic) bond motifs is 1. The monoisotopic (exact) mass is 484 g/mol. The summed E-state index contributed by atoms with van der Waals surface area (Å²) >= 11 is 9.49. The lowest BCUT2D eigenvalue weighted by Gasteiger charge is -2.31. The van der Waals surface area contributed by atoms with Crippen LogP contribution in [0.2, 0.25) is 5.15 Å². The topological polar surface area (TPSA) is 82.8 Å². The SMILES string of the molecule is CN1CCN(S(=O)(=O)c2ccc(Nc3cc(Cl)nc4c(Br)cnn34)cc2)CC1. The maximum atomic E-state index is 12.8. The zero-order chi connectivity index (χ0) is 19.9. The lowest BCUT2D eigenvalue weighted by atomic mass is 10.3. The highest BCUT2D eigenvalue weighted by atomic mass is 79.9. The van der Waals surface area contributed by atoms with Crippen molar-refractivity contribution in [3.05, 3.63) is 46.2 Å². The minimum atomic E-state index is -3.49. The number of hydrogen-bond acceptors (Lipinski definition) is 6. The van der Waals surface area contributed by atoms with Crippen LogP contribution in [0.4, 0.5) is 11.5 Å². The Morgan fingerprint density at radius 2 is 1.82 bits per heavy atom. The molecule has 0 saturated carbocycles. The van der Waals surface area contributed by atoms with Gasteiger partial charge in [-0.2, -0.15) is 13.9 Å². The summed E-state index contributed by atoms with van der Waals surface area (Å²) in [4.78, 5) is 6.63. The largest absolute Gasteiger partial charge is 0.340 e. The fraction of sp³-hybridized carbons (Fsp3) is 0.294. The summed E-state index contributed by atoms with van der Waals surface area (Å²) in [6, 6.07) is 8.32. The van der Waals surface area contributed by atoms with E-state index in [1.807, 2.05) is 7.05 Å². The number of sulfonamides is 1. The van der Waals surface area contributed by atoms with Crippen molar-refractivity contribution < 1.29 is 8.42 Å². The number of rotatable bonds is 4. The van der Waals surface area contributed by atoms with E-state index < -0.39 is 10.0 Å². The van der Waals surface area contributed by atoms with Gasteiger partial charge in [0.25, 0.3) is 0 Å². The molecule has 28 heavy (non-hydrogen) atoms. The van der Waals surface area contributed by atoms with Crippen LogP contribution in [0.1, 0.15) is 0 Å². The Morgan fingerprint density at radius 1 is 1.14 bits per heavy atom. The van der Waals surface area contributed by atoms with Crippen molar-refractivity contribution >= 4 is 54.7 Å². The second-order valence-corrected chi connectivity index (χ2v) is 9.73. The average Bonchev–Trinajstić information content (AvgIpc) is 3.03. The molecule has 1 aliphatic heterocycles. The molecule has 0 amide bonds. The van der Waals surface area contributed by atoms with Gasteiger partial charge in [0, 0.05) is 37.9 Å². The summed E-state index contributed by atoms with van der Waals surface area (Å²) in [6.45, 7) is 2.47. The minimum Gasteiger partial charge on any atom is -0.340 e. The minimum absolute atomic E-state index is 0.280. The molecule has 4 rings (SSSR count). The molecule has 0 atom stereocenters. The third-order valence-electron chi connectivity index (χ3n) is 4.62. The Balaban J connectivity index is 1.57.